The first-order valence-electron chi connectivity index (χ1n) is 8.28. The Hall–Kier alpha value is -2.09. The van der Waals surface area contributed by atoms with Crippen LogP contribution in [0.4, 0.5) is 0 Å². The third kappa shape index (κ3) is 3.54. The molecular weight excluding hydrogens is 402 g/mol. The maximum atomic E-state index is 12.4. The minimum atomic E-state index is 0.0491. The van der Waals surface area contributed by atoms with Crippen LogP contribution in [0, 0.1) is 13.8 Å². The van der Waals surface area contributed by atoms with Gasteiger partial charge in [0.1, 0.15) is 22.8 Å². The molecule has 4 aromatic heterocycles. The molecule has 0 unspecified atom stereocenters. The first-order chi connectivity index (χ1) is 13.0. The maximum Gasteiger partial charge on any atom is 0.183 e. The molecule has 0 N–H and O–H groups in total. The van der Waals surface area contributed by atoms with Gasteiger partial charge >= 0.3 is 0 Å². The summed E-state index contributed by atoms with van der Waals surface area (Å²) < 4.78 is 8.23. The first kappa shape index (κ1) is 18.3. The maximum absolute atomic E-state index is 12.4. The number of ketones is 1. The third-order valence-corrected chi connectivity index (χ3v) is 6.71. The zero-order chi connectivity index (χ0) is 19.0. The monoisotopic (exact) mass is 417 g/mol. The second kappa shape index (κ2) is 7.50. The molecule has 0 aromatic carbocycles. The minimum Gasteiger partial charge on any atom is -0.467 e. The van der Waals surface area contributed by atoms with Crippen LogP contribution in [0.2, 0.25) is 4.34 Å². The number of carbonyl (C=O) groups is 1. The molecule has 4 rings (SSSR count). The third-order valence-electron chi connectivity index (χ3n) is 4.45. The van der Waals surface area contributed by atoms with Crippen LogP contribution in [0.25, 0.3) is 11.0 Å². The Morgan fingerprint density at radius 2 is 2.15 bits per heavy atom. The molecule has 27 heavy (non-hydrogen) atoms. The molecule has 0 bridgehead atoms. The molecule has 0 fully saturated rings. The Labute approximate surface area is 169 Å². The van der Waals surface area contributed by atoms with Crippen molar-refractivity contribution in [3.63, 3.8) is 0 Å². The van der Waals surface area contributed by atoms with Crippen LogP contribution in [0.1, 0.15) is 26.7 Å². The van der Waals surface area contributed by atoms with E-state index < -0.39 is 0 Å². The van der Waals surface area contributed by atoms with Gasteiger partial charge in [-0.1, -0.05) is 23.4 Å². The second-order valence-electron chi connectivity index (χ2n) is 6.07. The number of Topliss-reactive ketones (excluding diaryl/α,β-unsaturated/α-hetero) is 1. The second-order valence-corrected chi connectivity index (χ2v) is 8.75. The average molecular weight is 418 g/mol. The predicted octanol–water partition coefficient (Wildman–Crippen LogP) is 5.38. The van der Waals surface area contributed by atoms with Crippen LogP contribution in [0.3, 0.4) is 0 Å². The van der Waals surface area contributed by atoms with Crippen LogP contribution in [0.5, 0.6) is 0 Å². The normalized spacial score (nSPS) is 11.4. The van der Waals surface area contributed by atoms with Gasteiger partial charge in [0.05, 0.1) is 33.2 Å². The molecule has 138 valence electrons. The molecule has 0 spiro atoms. The van der Waals surface area contributed by atoms with E-state index in [9.17, 15) is 4.79 Å². The van der Waals surface area contributed by atoms with Crippen LogP contribution in [-0.4, -0.2) is 26.1 Å². The Morgan fingerprint density at radius 3 is 2.85 bits per heavy atom. The first-order valence-corrected chi connectivity index (χ1v) is 10.5. The summed E-state index contributed by atoms with van der Waals surface area (Å²) in [5.74, 6) is 1.23. The van der Waals surface area contributed by atoms with Crippen molar-refractivity contribution in [3.05, 3.63) is 63.1 Å². The SMILES string of the molecule is Cc1c(C)n(Cc2ccco2)c2ncnc(SCC(=O)c3ccc(Cl)s3)c12. The van der Waals surface area contributed by atoms with Gasteiger partial charge < -0.3 is 8.98 Å². The number of aryl methyl sites for hydroxylation is 1. The highest BCUT2D eigenvalue weighted by molar-refractivity contribution is 8.00. The fraction of sp³-hybridized carbons (Fsp3) is 0.211. The van der Waals surface area contributed by atoms with E-state index in [0.29, 0.717) is 21.5 Å². The highest BCUT2D eigenvalue weighted by Gasteiger charge is 2.19. The number of rotatable bonds is 6. The van der Waals surface area contributed by atoms with Gasteiger partial charge in [0.2, 0.25) is 0 Å². The molecule has 0 aliphatic heterocycles. The van der Waals surface area contributed by atoms with E-state index in [1.54, 1.807) is 24.7 Å². The number of aromatic nitrogens is 3. The van der Waals surface area contributed by atoms with Crippen molar-refractivity contribution in [2.45, 2.75) is 25.4 Å². The molecule has 0 radical (unpaired) electrons. The van der Waals surface area contributed by atoms with Gasteiger partial charge in [-0.2, -0.15) is 0 Å². The number of nitrogens with zero attached hydrogens (tertiary/aromatic N) is 3. The summed E-state index contributed by atoms with van der Waals surface area (Å²) in [4.78, 5) is 22.0. The Morgan fingerprint density at radius 1 is 1.30 bits per heavy atom. The van der Waals surface area contributed by atoms with Crippen LogP contribution < -0.4 is 0 Å². The Balaban J connectivity index is 1.65. The summed E-state index contributed by atoms with van der Waals surface area (Å²) in [7, 11) is 0. The summed E-state index contributed by atoms with van der Waals surface area (Å²) in [5.41, 5.74) is 3.08. The van der Waals surface area contributed by atoms with Crippen LogP contribution >= 0.6 is 34.7 Å². The molecule has 4 heterocycles. The smallest absolute Gasteiger partial charge is 0.183 e. The van der Waals surface area contributed by atoms with Crippen molar-refractivity contribution in [3.8, 4) is 0 Å². The predicted molar refractivity (Wildman–Crippen MR) is 109 cm³/mol. The molecule has 5 nitrogen and oxygen atoms in total. The van der Waals surface area contributed by atoms with Crippen molar-refractivity contribution in [1.82, 2.24) is 14.5 Å². The van der Waals surface area contributed by atoms with E-state index in [-0.39, 0.29) is 5.78 Å². The fourth-order valence-electron chi connectivity index (χ4n) is 2.97. The number of hydrogen-bond acceptors (Lipinski definition) is 6. The van der Waals surface area contributed by atoms with Crippen LogP contribution in [-0.2, 0) is 6.54 Å². The van der Waals surface area contributed by atoms with Gasteiger partial charge in [-0.25, -0.2) is 9.97 Å². The van der Waals surface area contributed by atoms with Crippen molar-refractivity contribution >= 4 is 51.5 Å². The zero-order valence-corrected chi connectivity index (χ0v) is 17.1. The number of fused-ring (bicyclic) bond motifs is 1. The lowest BCUT2D eigenvalue weighted by Crippen LogP contribution is -2.02. The largest absolute Gasteiger partial charge is 0.467 e. The number of hydrogen-bond donors (Lipinski definition) is 0. The molecule has 0 aliphatic carbocycles. The number of halogens is 1. The van der Waals surface area contributed by atoms with E-state index in [2.05, 4.69) is 28.4 Å². The summed E-state index contributed by atoms with van der Waals surface area (Å²) in [6, 6.07) is 7.33. The molecule has 4 aromatic rings. The van der Waals surface area contributed by atoms with E-state index in [1.165, 1.54) is 23.1 Å². The van der Waals surface area contributed by atoms with Crippen molar-refractivity contribution in [2.75, 3.05) is 5.75 Å². The number of carbonyl (C=O) groups excluding carboxylic acids is 1. The minimum absolute atomic E-state index is 0.0491. The standard InChI is InChI=1S/C19H16ClN3O2S2/c1-11-12(2)23(8-13-4-3-7-25-13)18-17(11)19(22-10-21-18)26-9-14(24)15-5-6-16(20)27-15/h3-7,10H,8-9H2,1-2H3. The average Bonchev–Trinajstić information content (AvgIpc) is 3.38. The summed E-state index contributed by atoms with van der Waals surface area (Å²) in [6.07, 6.45) is 3.22. The summed E-state index contributed by atoms with van der Waals surface area (Å²) >= 11 is 8.66. The van der Waals surface area contributed by atoms with Gasteiger partial charge in [-0.15, -0.1) is 11.3 Å². The van der Waals surface area contributed by atoms with Gasteiger partial charge in [-0.05, 0) is 43.7 Å². The lowest BCUT2D eigenvalue weighted by Gasteiger charge is -2.06. The van der Waals surface area contributed by atoms with E-state index in [1.807, 2.05) is 12.1 Å². The Kier molecular flexibility index (Phi) is 5.08. The van der Waals surface area contributed by atoms with E-state index in [4.69, 9.17) is 16.0 Å². The Bertz CT molecular complexity index is 1120. The van der Waals surface area contributed by atoms with E-state index >= 15 is 0 Å². The summed E-state index contributed by atoms with van der Waals surface area (Å²) in [6.45, 7) is 4.73. The molecule has 0 saturated heterocycles. The van der Waals surface area contributed by atoms with Gasteiger partial charge in [0.25, 0.3) is 0 Å². The van der Waals surface area contributed by atoms with Crippen molar-refractivity contribution in [2.24, 2.45) is 0 Å². The van der Waals surface area contributed by atoms with Gasteiger partial charge in [-0.3, -0.25) is 4.79 Å². The molecule has 8 heteroatoms. The molecule has 0 amide bonds. The highest BCUT2D eigenvalue weighted by Crippen LogP contribution is 2.32. The molecule has 0 saturated carbocycles. The molecule has 0 atom stereocenters. The number of furan rings is 1. The topological polar surface area (TPSA) is 60.9 Å². The molecular formula is C19H16ClN3O2S2. The fourth-order valence-corrected chi connectivity index (χ4v) is 4.97. The van der Waals surface area contributed by atoms with Crippen molar-refractivity contribution < 1.29 is 9.21 Å². The van der Waals surface area contributed by atoms with E-state index in [0.717, 1.165) is 33.1 Å². The number of thioether (sulfide) groups is 1. The number of thiophene rings is 1. The van der Waals surface area contributed by atoms with Gasteiger partial charge in [0, 0.05) is 5.69 Å². The van der Waals surface area contributed by atoms with Crippen molar-refractivity contribution in [1.29, 1.82) is 0 Å². The van der Waals surface area contributed by atoms with Gasteiger partial charge in [0.15, 0.2) is 5.78 Å². The highest BCUT2D eigenvalue weighted by atomic mass is 35.5. The lowest BCUT2D eigenvalue weighted by atomic mass is 10.2. The van der Waals surface area contributed by atoms with Crippen LogP contribution in [0.15, 0.2) is 46.3 Å². The zero-order valence-electron chi connectivity index (χ0n) is 14.7. The summed E-state index contributed by atoms with van der Waals surface area (Å²) in [5, 5.41) is 1.80. The lowest BCUT2D eigenvalue weighted by molar-refractivity contribution is 0.102. The molecule has 0 aliphatic rings. The quantitative estimate of drug-likeness (QED) is 0.239.